The summed E-state index contributed by atoms with van der Waals surface area (Å²) in [6.07, 6.45) is -0.436. The van der Waals surface area contributed by atoms with Crippen molar-refractivity contribution in [2.45, 2.75) is 17.4 Å². The van der Waals surface area contributed by atoms with Gasteiger partial charge < -0.3 is 20.9 Å². The lowest BCUT2D eigenvalue weighted by Crippen LogP contribution is -2.44. The fraction of sp³-hybridized carbons (Fsp3) is 0.308. The van der Waals surface area contributed by atoms with Crippen LogP contribution in [0.2, 0.25) is 0 Å². The van der Waals surface area contributed by atoms with E-state index >= 15 is 0 Å². The molecule has 1 atom stereocenters. The molecule has 0 unspecified atom stereocenters. The van der Waals surface area contributed by atoms with Gasteiger partial charge in [0, 0.05) is 4.90 Å². The van der Waals surface area contributed by atoms with E-state index in [1.54, 1.807) is 31.4 Å². The molecule has 0 saturated heterocycles. The van der Waals surface area contributed by atoms with Gasteiger partial charge in [-0.1, -0.05) is 0 Å². The maximum absolute atomic E-state index is 11.7. The SMILES string of the molecule is COc1ccc(SCC(=O)N[C@H](CC(N)=O)C(=O)O)cc1. The minimum atomic E-state index is -1.30. The van der Waals surface area contributed by atoms with Gasteiger partial charge in [-0.25, -0.2) is 4.79 Å². The van der Waals surface area contributed by atoms with Gasteiger partial charge >= 0.3 is 5.97 Å². The largest absolute Gasteiger partial charge is 0.497 e. The van der Waals surface area contributed by atoms with Crippen LogP contribution in [0.1, 0.15) is 6.42 Å². The molecule has 7 nitrogen and oxygen atoms in total. The predicted octanol–water partition coefficient (Wildman–Crippen LogP) is 0.232. The molecular formula is C13H16N2O5S. The third kappa shape index (κ3) is 6.17. The average molecular weight is 312 g/mol. The number of hydrogen-bond donors (Lipinski definition) is 3. The number of nitrogens with two attached hydrogens (primary N) is 1. The Balaban J connectivity index is 2.48. The van der Waals surface area contributed by atoms with Crippen molar-refractivity contribution in [2.75, 3.05) is 12.9 Å². The van der Waals surface area contributed by atoms with Crippen LogP contribution in [-0.4, -0.2) is 41.8 Å². The Labute approximate surface area is 125 Å². The molecule has 1 rings (SSSR count). The van der Waals surface area contributed by atoms with E-state index in [-0.39, 0.29) is 5.75 Å². The number of methoxy groups -OCH3 is 1. The normalized spacial score (nSPS) is 11.5. The first-order valence-electron chi connectivity index (χ1n) is 5.99. The summed E-state index contributed by atoms with van der Waals surface area (Å²) in [6.45, 7) is 0. The number of rotatable bonds is 8. The molecular weight excluding hydrogens is 296 g/mol. The number of thioether (sulfide) groups is 1. The van der Waals surface area contributed by atoms with Gasteiger partial charge in [0.1, 0.15) is 11.8 Å². The average Bonchev–Trinajstić information content (AvgIpc) is 2.44. The second-order valence-electron chi connectivity index (χ2n) is 4.09. The van der Waals surface area contributed by atoms with Gasteiger partial charge in [0.2, 0.25) is 11.8 Å². The molecule has 114 valence electrons. The minimum Gasteiger partial charge on any atom is -0.497 e. The van der Waals surface area contributed by atoms with Crippen molar-refractivity contribution in [3.8, 4) is 5.75 Å². The molecule has 0 spiro atoms. The molecule has 4 N–H and O–H groups in total. The number of aliphatic carboxylic acids is 1. The number of benzene rings is 1. The van der Waals surface area contributed by atoms with E-state index in [1.807, 2.05) is 0 Å². The number of carbonyl (C=O) groups is 3. The van der Waals surface area contributed by atoms with Crippen LogP contribution in [0.15, 0.2) is 29.2 Å². The zero-order valence-corrected chi connectivity index (χ0v) is 12.2. The number of nitrogens with one attached hydrogen (secondary N) is 1. The second-order valence-corrected chi connectivity index (χ2v) is 5.14. The zero-order valence-electron chi connectivity index (χ0n) is 11.4. The van der Waals surface area contributed by atoms with Crippen LogP contribution in [0.5, 0.6) is 5.75 Å². The molecule has 8 heteroatoms. The Hall–Kier alpha value is -2.22. The molecule has 1 aromatic rings. The molecule has 0 aliphatic carbocycles. The topological polar surface area (TPSA) is 119 Å². The highest BCUT2D eigenvalue weighted by Crippen LogP contribution is 2.20. The van der Waals surface area contributed by atoms with E-state index < -0.39 is 30.2 Å². The number of carboxylic acid groups (broad SMARTS) is 1. The quantitative estimate of drug-likeness (QED) is 0.591. The number of ether oxygens (including phenoxy) is 1. The molecule has 2 amide bonds. The number of primary amides is 1. The molecule has 0 aliphatic rings. The standard InChI is InChI=1S/C13H16N2O5S/c1-20-8-2-4-9(5-3-8)21-7-12(17)15-10(13(18)19)6-11(14)16/h2-5,10H,6-7H2,1H3,(H2,14,16)(H,15,17)(H,18,19)/t10-/m1/s1. The number of hydrogen-bond acceptors (Lipinski definition) is 5. The summed E-state index contributed by atoms with van der Waals surface area (Å²) in [6, 6.07) is 5.79. The summed E-state index contributed by atoms with van der Waals surface area (Å²) in [7, 11) is 1.56. The lowest BCUT2D eigenvalue weighted by atomic mass is 10.2. The highest BCUT2D eigenvalue weighted by atomic mass is 32.2. The molecule has 0 bridgehead atoms. The maximum Gasteiger partial charge on any atom is 0.326 e. The van der Waals surface area contributed by atoms with Crippen LogP contribution in [0.4, 0.5) is 0 Å². The first kappa shape index (κ1) is 16.8. The second kappa shape index (κ2) is 8.15. The summed E-state index contributed by atoms with van der Waals surface area (Å²) in [4.78, 5) is 34.1. The molecule has 0 saturated carbocycles. The van der Waals surface area contributed by atoms with Crippen molar-refractivity contribution in [1.29, 1.82) is 0 Å². The summed E-state index contributed by atoms with van der Waals surface area (Å²) >= 11 is 1.24. The molecule has 0 fully saturated rings. The van der Waals surface area contributed by atoms with Crippen molar-refractivity contribution in [1.82, 2.24) is 5.32 Å². The van der Waals surface area contributed by atoms with E-state index in [0.29, 0.717) is 5.75 Å². The van der Waals surface area contributed by atoms with Crippen LogP contribution >= 0.6 is 11.8 Å². The van der Waals surface area contributed by atoms with Crippen molar-refractivity contribution in [3.05, 3.63) is 24.3 Å². The van der Waals surface area contributed by atoms with Gasteiger partial charge in [-0.05, 0) is 24.3 Å². The Kier molecular flexibility index (Phi) is 6.54. The Morgan fingerprint density at radius 3 is 2.43 bits per heavy atom. The van der Waals surface area contributed by atoms with E-state index in [9.17, 15) is 14.4 Å². The predicted molar refractivity (Wildman–Crippen MR) is 77.1 cm³/mol. The van der Waals surface area contributed by atoms with Crippen LogP contribution in [0, 0.1) is 0 Å². The molecule has 0 heterocycles. The van der Waals surface area contributed by atoms with Crippen LogP contribution in [0.25, 0.3) is 0 Å². The summed E-state index contributed by atoms with van der Waals surface area (Å²) < 4.78 is 5.01. The lowest BCUT2D eigenvalue weighted by molar-refractivity contribution is -0.143. The highest BCUT2D eigenvalue weighted by molar-refractivity contribution is 8.00. The summed E-state index contributed by atoms with van der Waals surface area (Å²) in [5, 5.41) is 11.1. The van der Waals surface area contributed by atoms with Gasteiger partial charge in [0.15, 0.2) is 0 Å². The van der Waals surface area contributed by atoms with Gasteiger partial charge in [0.25, 0.3) is 0 Å². The maximum atomic E-state index is 11.7. The first-order chi connectivity index (χ1) is 9.92. The smallest absolute Gasteiger partial charge is 0.326 e. The van der Waals surface area contributed by atoms with Gasteiger partial charge in [-0.3, -0.25) is 9.59 Å². The van der Waals surface area contributed by atoms with E-state index in [1.165, 1.54) is 11.8 Å². The van der Waals surface area contributed by atoms with Gasteiger partial charge in [0.05, 0.1) is 19.3 Å². The first-order valence-corrected chi connectivity index (χ1v) is 6.98. The fourth-order valence-electron chi connectivity index (χ4n) is 1.46. The van der Waals surface area contributed by atoms with Crippen LogP contribution in [-0.2, 0) is 14.4 Å². The monoisotopic (exact) mass is 312 g/mol. The number of carbonyl (C=O) groups excluding carboxylic acids is 2. The van der Waals surface area contributed by atoms with Crippen molar-refractivity contribution >= 4 is 29.5 Å². The molecule has 0 radical (unpaired) electrons. The Bertz CT molecular complexity index is 518. The molecule has 1 aromatic carbocycles. The van der Waals surface area contributed by atoms with Crippen molar-refractivity contribution in [2.24, 2.45) is 5.73 Å². The Morgan fingerprint density at radius 2 is 1.95 bits per heavy atom. The Morgan fingerprint density at radius 1 is 1.33 bits per heavy atom. The van der Waals surface area contributed by atoms with Gasteiger partial charge in [-0.15, -0.1) is 11.8 Å². The van der Waals surface area contributed by atoms with Crippen LogP contribution < -0.4 is 15.8 Å². The van der Waals surface area contributed by atoms with Crippen molar-refractivity contribution < 1.29 is 24.2 Å². The minimum absolute atomic E-state index is 0.0366. The molecule has 21 heavy (non-hydrogen) atoms. The van der Waals surface area contributed by atoms with Gasteiger partial charge in [-0.2, -0.15) is 0 Å². The molecule has 0 aromatic heterocycles. The lowest BCUT2D eigenvalue weighted by Gasteiger charge is -2.12. The molecule has 0 aliphatic heterocycles. The number of carboxylic acids is 1. The van der Waals surface area contributed by atoms with Crippen LogP contribution in [0.3, 0.4) is 0 Å². The van der Waals surface area contributed by atoms with Crippen molar-refractivity contribution in [3.63, 3.8) is 0 Å². The number of amides is 2. The highest BCUT2D eigenvalue weighted by Gasteiger charge is 2.21. The van der Waals surface area contributed by atoms with E-state index in [4.69, 9.17) is 15.6 Å². The third-order valence-corrected chi connectivity index (χ3v) is 3.48. The fourth-order valence-corrected chi connectivity index (χ4v) is 2.17. The van der Waals surface area contributed by atoms with E-state index in [2.05, 4.69) is 5.32 Å². The van der Waals surface area contributed by atoms with E-state index in [0.717, 1.165) is 4.90 Å². The third-order valence-electron chi connectivity index (χ3n) is 2.47. The summed E-state index contributed by atoms with van der Waals surface area (Å²) in [5.74, 6) is -1.82. The zero-order chi connectivity index (χ0) is 15.8. The summed E-state index contributed by atoms with van der Waals surface area (Å²) in [5.41, 5.74) is 4.93.